The van der Waals surface area contributed by atoms with E-state index in [0.717, 1.165) is 0 Å². The third kappa shape index (κ3) is 3.77. The zero-order valence-corrected chi connectivity index (χ0v) is 27.1. The first-order valence-corrected chi connectivity index (χ1v) is 17.2. The second-order valence-corrected chi connectivity index (χ2v) is 14.4. The van der Waals surface area contributed by atoms with Crippen molar-refractivity contribution in [2.45, 2.75) is 19.3 Å². The fourth-order valence-electron chi connectivity index (χ4n) is 8.22. The van der Waals surface area contributed by atoms with Crippen molar-refractivity contribution in [3.8, 4) is 11.1 Å². The lowest BCUT2D eigenvalue weighted by Crippen LogP contribution is -2.16. The Balaban J connectivity index is 1.29. The fourth-order valence-corrected chi connectivity index (χ4v) is 9.36. The molecule has 8 aromatic carbocycles. The Morgan fingerprint density at radius 2 is 1.06 bits per heavy atom. The van der Waals surface area contributed by atoms with Crippen molar-refractivity contribution in [1.82, 2.24) is 0 Å². The molecule has 0 spiro atoms. The Kier molecular flexibility index (Phi) is 5.57. The monoisotopic (exact) mass is 617 g/mol. The predicted octanol–water partition coefficient (Wildman–Crippen LogP) is 13.3. The van der Waals surface area contributed by atoms with E-state index in [0.29, 0.717) is 0 Å². The maximum absolute atomic E-state index is 2.52. The second kappa shape index (κ2) is 9.78. The minimum atomic E-state index is -0.0843. The first kappa shape index (κ1) is 26.7. The molecule has 1 nitrogen and oxygen atoms in total. The Morgan fingerprint density at radius 3 is 2.00 bits per heavy atom. The Bertz CT molecular complexity index is 2730. The Labute approximate surface area is 278 Å². The Hall–Kier alpha value is -5.44. The van der Waals surface area contributed by atoms with Gasteiger partial charge >= 0.3 is 0 Å². The molecule has 0 bridgehead atoms. The predicted molar refractivity (Wildman–Crippen MR) is 204 cm³/mol. The van der Waals surface area contributed by atoms with Gasteiger partial charge in [0.1, 0.15) is 0 Å². The summed E-state index contributed by atoms with van der Waals surface area (Å²) in [7, 11) is 0. The van der Waals surface area contributed by atoms with E-state index in [1.807, 2.05) is 11.3 Å². The van der Waals surface area contributed by atoms with E-state index in [-0.39, 0.29) is 5.41 Å². The van der Waals surface area contributed by atoms with E-state index in [1.54, 1.807) is 0 Å². The molecule has 0 N–H and O–H groups in total. The molecule has 10 rings (SSSR count). The molecule has 222 valence electrons. The van der Waals surface area contributed by atoms with Crippen LogP contribution >= 0.6 is 11.3 Å². The smallest absolute Gasteiger partial charge is 0.0543 e. The Morgan fingerprint density at radius 1 is 0.447 bits per heavy atom. The van der Waals surface area contributed by atoms with Gasteiger partial charge in [-0.05, 0) is 74.0 Å². The molecule has 9 aromatic rings. The van der Waals surface area contributed by atoms with Gasteiger partial charge in [-0.2, -0.15) is 0 Å². The molecule has 0 unspecified atom stereocenters. The molecule has 1 aliphatic carbocycles. The summed E-state index contributed by atoms with van der Waals surface area (Å²) in [5.41, 5.74) is 8.91. The van der Waals surface area contributed by atoms with E-state index in [4.69, 9.17) is 0 Å². The van der Waals surface area contributed by atoms with Crippen molar-refractivity contribution in [1.29, 1.82) is 0 Å². The van der Waals surface area contributed by atoms with Crippen LogP contribution in [0.4, 0.5) is 17.1 Å². The summed E-state index contributed by atoms with van der Waals surface area (Å²) in [6, 6.07) is 56.4. The molecular weight excluding hydrogens is 587 g/mol. The van der Waals surface area contributed by atoms with Gasteiger partial charge in [0.05, 0.1) is 11.4 Å². The lowest BCUT2D eigenvalue weighted by Gasteiger charge is -2.30. The van der Waals surface area contributed by atoms with Crippen LogP contribution in [0.5, 0.6) is 0 Å². The molecule has 0 saturated carbocycles. The average Bonchev–Trinajstić information content (AvgIpc) is 3.60. The number of hydrogen-bond donors (Lipinski definition) is 0. The summed E-state index contributed by atoms with van der Waals surface area (Å²) in [5, 5.41) is 10.3. The summed E-state index contributed by atoms with van der Waals surface area (Å²) in [6.07, 6.45) is 0. The number of fused-ring (bicyclic) bond motifs is 11. The van der Waals surface area contributed by atoms with Crippen molar-refractivity contribution in [3.63, 3.8) is 0 Å². The number of thiophene rings is 1. The van der Waals surface area contributed by atoms with E-state index in [2.05, 4.69) is 170 Å². The fraction of sp³-hybridized carbons (Fsp3) is 0.0667. The number of anilines is 3. The molecule has 0 saturated heterocycles. The van der Waals surface area contributed by atoms with Crippen LogP contribution in [0, 0.1) is 0 Å². The minimum absolute atomic E-state index is 0.0843. The van der Waals surface area contributed by atoms with Crippen molar-refractivity contribution in [3.05, 3.63) is 163 Å². The van der Waals surface area contributed by atoms with E-state index in [9.17, 15) is 0 Å². The maximum atomic E-state index is 2.52. The second-order valence-electron chi connectivity index (χ2n) is 13.3. The highest BCUT2D eigenvalue weighted by Crippen LogP contribution is 2.55. The maximum Gasteiger partial charge on any atom is 0.0543 e. The van der Waals surface area contributed by atoms with Crippen LogP contribution in [-0.4, -0.2) is 0 Å². The molecule has 0 amide bonds. The minimum Gasteiger partial charge on any atom is -0.309 e. The number of rotatable bonds is 3. The third-order valence-electron chi connectivity index (χ3n) is 10.4. The van der Waals surface area contributed by atoms with Crippen LogP contribution in [0.3, 0.4) is 0 Å². The van der Waals surface area contributed by atoms with Gasteiger partial charge in [0.25, 0.3) is 0 Å². The van der Waals surface area contributed by atoms with Crippen LogP contribution in [0.1, 0.15) is 25.0 Å². The standard InChI is InChI=1S/C45H31NS/c1-45(2)38-16-7-5-14-37(38)44-39(45)17-10-19-41(44)46(29-22-24-36-35-13-6-8-20-42(35)47-43(36)27-29)40-18-9-15-31-33-23-21-28-11-3-4-12-30(28)32(33)25-26-34(31)40/h3-27H,1-2H3. The average molecular weight is 618 g/mol. The van der Waals surface area contributed by atoms with Crippen LogP contribution < -0.4 is 4.90 Å². The summed E-state index contributed by atoms with van der Waals surface area (Å²) in [4.78, 5) is 2.52. The topological polar surface area (TPSA) is 3.24 Å². The molecule has 1 aliphatic rings. The third-order valence-corrected chi connectivity index (χ3v) is 11.6. The highest BCUT2D eigenvalue weighted by Gasteiger charge is 2.37. The van der Waals surface area contributed by atoms with Gasteiger partial charge in [0, 0.05) is 42.2 Å². The van der Waals surface area contributed by atoms with Gasteiger partial charge in [-0.3, -0.25) is 0 Å². The summed E-state index contributed by atoms with van der Waals surface area (Å²) in [5.74, 6) is 0. The highest BCUT2D eigenvalue weighted by atomic mass is 32.1. The number of benzene rings is 8. The molecule has 0 atom stereocenters. The summed E-state index contributed by atoms with van der Waals surface area (Å²) >= 11 is 1.88. The van der Waals surface area contributed by atoms with Gasteiger partial charge in [0.15, 0.2) is 0 Å². The zero-order chi connectivity index (χ0) is 31.3. The zero-order valence-electron chi connectivity index (χ0n) is 26.3. The van der Waals surface area contributed by atoms with Crippen molar-refractivity contribution in [2.75, 3.05) is 4.90 Å². The van der Waals surface area contributed by atoms with Gasteiger partial charge in [0.2, 0.25) is 0 Å². The first-order chi connectivity index (χ1) is 23.1. The molecule has 0 aliphatic heterocycles. The lowest BCUT2D eigenvalue weighted by molar-refractivity contribution is 0.660. The van der Waals surface area contributed by atoms with Crippen LogP contribution in [-0.2, 0) is 5.41 Å². The lowest BCUT2D eigenvalue weighted by atomic mass is 9.82. The molecular formula is C45H31NS. The molecule has 47 heavy (non-hydrogen) atoms. The summed E-state index contributed by atoms with van der Waals surface area (Å²) in [6.45, 7) is 4.73. The SMILES string of the molecule is CC1(C)c2ccccc2-c2c(N(c3ccc4c(c3)sc3ccccc34)c3cccc4c3ccc3c5ccccc5ccc43)cccc21. The molecule has 0 fully saturated rings. The van der Waals surface area contributed by atoms with Crippen LogP contribution in [0.2, 0.25) is 0 Å². The van der Waals surface area contributed by atoms with E-state index >= 15 is 0 Å². The van der Waals surface area contributed by atoms with Crippen molar-refractivity contribution >= 4 is 80.9 Å². The van der Waals surface area contributed by atoms with Gasteiger partial charge in [-0.1, -0.05) is 135 Å². The van der Waals surface area contributed by atoms with E-state index < -0.39 is 0 Å². The largest absolute Gasteiger partial charge is 0.309 e. The number of nitrogens with zero attached hydrogens (tertiary/aromatic N) is 1. The van der Waals surface area contributed by atoms with Crippen LogP contribution in [0.25, 0.3) is 63.6 Å². The molecule has 2 heteroatoms. The van der Waals surface area contributed by atoms with Crippen molar-refractivity contribution < 1.29 is 0 Å². The van der Waals surface area contributed by atoms with Gasteiger partial charge in [-0.25, -0.2) is 0 Å². The molecule has 1 heterocycles. The van der Waals surface area contributed by atoms with Crippen molar-refractivity contribution in [2.24, 2.45) is 0 Å². The molecule has 1 aromatic heterocycles. The van der Waals surface area contributed by atoms with Gasteiger partial charge < -0.3 is 4.90 Å². The first-order valence-electron chi connectivity index (χ1n) is 16.4. The van der Waals surface area contributed by atoms with Crippen LogP contribution in [0.15, 0.2) is 152 Å². The normalized spacial score (nSPS) is 13.5. The molecule has 0 radical (unpaired) electrons. The quantitative estimate of drug-likeness (QED) is 0.178. The van der Waals surface area contributed by atoms with Gasteiger partial charge in [-0.15, -0.1) is 11.3 Å². The van der Waals surface area contributed by atoms with E-state index in [1.165, 1.54) is 91.8 Å². The number of hydrogen-bond acceptors (Lipinski definition) is 2. The highest BCUT2D eigenvalue weighted by molar-refractivity contribution is 7.25. The summed E-state index contributed by atoms with van der Waals surface area (Å²) < 4.78 is 2.63.